The minimum absolute atomic E-state index is 0.132. The molecule has 2 aromatic rings. The van der Waals surface area contributed by atoms with E-state index in [0.29, 0.717) is 5.56 Å². The molecule has 0 amide bonds. The van der Waals surface area contributed by atoms with Crippen molar-refractivity contribution in [3.8, 4) is 0 Å². The summed E-state index contributed by atoms with van der Waals surface area (Å²) in [6.07, 6.45) is 0. The molecule has 0 spiro atoms. The molecule has 0 saturated carbocycles. The van der Waals surface area contributed by atoms with Crippen LogP contribution < -0.4 is 0 Å². The van der Waals surface area contributed by atoms with Crippen molar-refractivity contribution in [1.82, 2.24) is 0 Å². The van der Waals surface area contributed by atoms with Gasteiger partial charge in [0.25, 0.3) is 0 Å². The summed E-state index contributed by atoms with van der Waals surface area (Å²) < 4.78 is 25.9. The Morgan fingerprint density at radius 3 is 2.50 bits per heavy atom. The molecule has 0 radical (unpaired) electrons. The Labute approximate surface area is 105 Å². The van der Waals surface area contributed by atoms with Gasteiger partial charge in [-0.05, 0) is 29.1 Å². The number of alkyl halides is 1. The lowest BCUT2D eigenvalue weighted by Crippen LogP contribution is -1.95. The highest BCUT2D eigenvalue weighted by atomic mass is 35.5. The molecule has 1 aromatic carbocycles. The highest BCUT2D eigenvalue weighted by Crippen LogP contribution is 2.36. The largest absolute Gasteiger partial charge is 0.204 e. The quantitative estimate of drug-likeness (QED) is 0.535. The molecule has 0 aliphatic heterocycles. The smallest absolute Gasteiger partial charge is 0.160 e. The Kier molecular flexibility index (Phi) is 3.47. The topological polar surface area (TPSA) is 0 Å². The van der Waals surface area contributed by atoms with E-state index in [4.69, 9.17) is 23.2 Å². The third-order valence-corrected chi connectivity index (χ3v) is 3.97. The van der Waals surface area contributed by atoms with Crippen LogP contribution in [-0.4, -0.2) is 0 Å². The molecule has 84 valence electrons. The summed E-state index contributed by atoms with van der Waals surface area (Å²) in [5.41, 5.74) is 0.379. The van der Waals surface area contributed by atoms with Crippen LogP contribution in [0, 0.1) is 11.6 Å². The monoisotopic (exact) mass is 278 g/mol. The van der Waals surface area contributed by atoms with Crippen LogP contribution in [0.15, 0.2) is 29.6 Å². The van der Waals surface area contributed by atoms with Gasteiger partial charge in [0.2, 0.25) is 0 Å². The molecule has 0 fully saturated rings. The molecule has 1 unspecified atom stereocenters. The minimum atomic E-state index is -0.969. The molecule has 2 rings (SSSR count). The third-order valence-electron chi connectivity index (χ3n) is 2.11. The standard InChI is InChI=1S/C11H6Cl2F2S/c12-7-5-9(15)8(14)4-6(7)11(13)10-2-1-3-16-10/h1-5,11H. The molecule has 0 N–H and O–H groups in total. The van der Waals surface area contributed by atoms with E-state index in [9.17, 15) is 8.78 Å². The Morgan fingerprint density at radius 1 is 1.19 bits per heavy atom. The van der Waals surface area contributed by atoms with Crippen molar-refractivity contribution in [3.05, 3.63) is 56.7 Å². The van der Waals surface area contributed by atoms with Gasteiger partial charge in [0.05, 0.1) is 5.38 Å². The Balaban J connectivity index is 2.44. The van der Waals surface area contributed by atoms with E-state index in [1.807, 2.05) is 17.5 Å². The van der Waals surface area contributed by atoms with Crippen molar-refractivity contribution in [2.75, 3.05) is 0 Å². The zero-order valence-corrected chi connectivity index (χ0v) is 10.2. The lowest BCUT2D eigenvalue weighted by atomic mass is 10.1. The van der Waals surface area contributed by atoms with Gasteiger partial charge in [-0.15, -0.1) is 22.9 Å². The molecule has 16 heavy (non-hydrogen) atoms. The highest BCUT2D eigenvalue weighted by molar-refractivity contribution is 7.10. The van der Waals surface area contributed by atoms with Gasteiger partial charge >= 0.3 is 0 Å². The van der Waals surface area contributed by atoms with Gasteiger partial charge in [-0.25, -0.2) is 8.78 Å². The average Bonchev–Trinajstić information content (AvgIpc) is 2.75. The maximum Gasteiger partial charge on any atom is 0.160 e. The van der Waals surface area contributed by atoms with Gasteiger partial charge in [0, 0.05) is 9.90 Å². The summed E-state index contributed by atoms with van der Waals surface area (Å²) in [6, 6.07) is 5.63. The van der Waals surface area contributed by atoms with E-state index in [-0.39, 0.29) is 5.02 Å². The first-order valence-corrected chi connectivity index (χ1v) is 6.11. The molecular formula is C11H6Cl2F2S. The van der Waals surface area contributed by atoms with E-state index in [1.54, 1.807) is 0 Å². The first-order valence-electron chi connectivity index (χ1n) is 4.41. The lowest BCUT2D eigenvalue weighted by Gasteiger charge is -2.10. The van der Waals surface area contributed by atoms with E-state index in [1.165, 1.54) is 11.3 Å². The Bertz CT molecular complexity index is 497. The third kappa shape index (κ3) is 2.21. The number of thiophene rings is 1. The van der Waals surface area contributed by atoms with Crippen LogP contribution in [0.5, 0.6) is 0 Å². The van der Waals surface area contributed by atoms with Crippen molar-refractivity contribution >= 4 is 34.5 Å². The number of halogens is 4. The normalized spacial score (nSPS) is 12.8. The maximum absolute atomic E-state index is 13.1. The van der Waals surface area contributed by atoms with Crippen LogP contribution in [0.25, 0.3) is 0 Å². The summed E-state index contributed by atoms with van der Waals surface area (Å²) in [5.74, 6) is -1.91. The van der Waals surface area contributed by atoms with E-state index in [0.717, 1.165) is 17.0 Å². The van der Waals surface area contributed by atoms with Crippen LogP contribution in [0.3, 0.4) is 0 Å². The van der Waals surface area contributed by atoms with Crippen LogP contribution in [0.1, 0.15) is 15.8 Å². The van der Waals surface area contributed by atoms with Crippen molar-refractivity contribution < 1.29 is 8.78 Å². The van der Waals surface area contributed by atoms with Crippen LogP contribution in [-0.2, 0) is 0 Å². The van der Waals surface area contributed by atoms with Crippen molar-refractivity contribution in [2.45, 2.75) is 5.38 Å². The average molecular weight is 279 g/mol. The second-order valence-corrected chi connectivity index (χ2v) is 4.99. The van der Waals surface area contributed by atoms with Gasteiger partial charge in [-0.1, -0.05) is 17.7 Å². The van der Waals surface area contributed by atoms with Crippen molar-refractivity contribution in [3.63, 3.8) is 0 Å². The second kappa shape index (κ2) is 4.70. The zero-order valence-electron chi connectivity index (χ0n) is 7.88. The minimum Gasteiger partial charge on any atom is -0.204 e. The van der Waals surface area contributed by atoms with Gasteiger partial charge in [0.15, 0.2) is 11.6 Å². The number of hydrogen-bond donors (Lipinski definition) is 0. The van der Waals surface area contributed by atoms with Crippen LogP contribution in [0.4, 0.5) is 8.78 Å². The maximum atomic E-state index is 13.1. The predicted molar refractivity (Wildman–Crippen MR) is 63.4 cm³/mol. The van der Waals surface area contributed by atoms with Crippen LogP contribution in [0.2, 0.25) is 5.02 Å². The Morgan fingerprint density at radius 2 is 1.88 bits per heavy atom. The Hall–Kier alpha value is -0.640. The highest BCUT2D eigenvalue weighted by Gasteiger charge is 2.18. The number of benzene rings is 1. The predicted octanol–water partition coefficient (Wildman–Crippen LogP) is 5.01. The summed E-state index contributed by atoms with van der Waals surface area (Å²) in [4.78, 5) is 0.842. The number of rotatable bonds is 2. The first kappa shape index (κ1) is 11.8. The summed E-state index contributed by atoms with van der Waals surface area (Å²) in [7, 11) is 0. The van der Waals surface area contributed by atoms with E-state index < -0.39 is 17.0 Å². The zero-order chi connectivity index (χ0) is 11.7. The molecular weight excluding hydrogens is 273 g/mol. The van der Waals surface area contributed by atoms with Gasteiger partial charge in [-0.2, -0.15) is 0 Å². The van der Waals surface area contributed by atoms with E-state index >= 15 is 0 Å². The fraction of sp³-hybridized carbons (Fsp3) is 0.0909. The van der Waals surface area contributed by atoms with Crippen molar-refractivity contribution in [1.29, 1.82) is 0 Å². The molecule has 0 bridgehead atoms. The fourth-order valence-electron chi connectivity index (χ4n) is 1.32. The van der Waals surface area contributed by atoms with Gasteiger partial charge < -0.3 is 0 Å². The lowest BCUT2D eigenvalue weighted by molar-refractivity contribution is 0.507. The van der Waals surface area contributed by atoms with Gasteiger partial charge in [-0.3, -0.25) is 0 Å². The molecule has 0 saturated heterocycles. The molecule has 1 heterocycles. The van der Waals surface area contributed by atoms with Crippen LogP contribution >= 0.6 is 34.5 Å². The molecule has 1 aromatic heterocycles. The summed E-state index contributed by atoms with van der Waals surface area (Å²) in [5, 5.41) is 1.44. The SMILES string of the molecule is Fc1cc(Cl)c(C(Cl)c2cccs2)cc1F. The summed E-state index contributed by atoms with van der Waals surface area (Å²) >= 11 is 13.4. The van der Waals surface area contributed by atoms with E-state index in [2.05, 4.69) is 0 Å². The second-order valence-electron chi connectivity index (χ2n) is 3.17. The molecule has 0 nitrogen and oxygen atoms in total. The number of hydrogen-bond acceptors (Lipinski definition) is 1. The first-order chi connectivity index (χ1) is 7.59. The van der Waals surface area contributed by atoms with Gasteiger partial charge in [0.1, 0.15) is 0 Å². The molecule has 0 aliphatic carbocycles. The molecule has 0 aliphatic rings. The molecule has 1 atom stereocenters. The molecule has 5 heteroatoms. The summed E-state index contributed by atoms with van der Waals surface area (Å²) in [6.45, 7) is 0. The van der Waals surface area contributed by atoms with Crippen molar-refractivity contribution in [2.24, 2.45) is 0 Å². The fourth-order valence-corrected chi connectivity index (χ4v) is 2.76.